The zero-order chi connectivity index (χ0) is 24.7. The summed E-state index contributed by atoms with van der Waals surface area (Å²) in [7, 11) is 0. The van der Waals surface area contributed by atoms with Gasteiger partial charge >= 0.3 is 0 Å². The van der Waals surface area contributed by atoms with Crippen molar-refractivity contribution in [3.8, 4) is 5.69 Å². The number of aromatic nitrogens is 2. The summed E-state index contributed by atoms with van der Waals surface area (Å²) in [4.78, 5) is 7.04. The lowest BCUT2D eigenvalue weighted by molar-refractivity contribution is 0.310. The van der Waals surface area contributed by atoms with E-state index >= 15 is 0 Å². The average Bonchev–Trinajstić information content (AvgIpc) is 3.30. The van der Waals surface area contributed by atoms with Crippen LogP contribution in [0.1, 0.15) is 57.0 Å². The Balaban J connectivity index is 1.65. The Labute approximate surface area is 213 Å². The Morgan fingerprint density at radius 1 is 0.886 bits per heavy atom. The van der Waals surface area contributed by atoms with Gasteiger partial charge < -0.3 is 14.8 Å². The number of benzene rings is 2. The highest BCUT2D eigenvalue weighted by molar-refractivity contribution is 7.80. The van der Waals surface area contributed by atoms with Crippen LogP contribution in [-0.2, 0) is 6.54 Å². The molecular weight excluding hydrogens is 448 g/mol. The van der Waals surface area contributed by atoms with E-state index in [0.717, 1.165) is 17.4 Å². The first-order valence-electron chi connectivity index (χ1n) is 12.1. The lowest BCUT2D eigenvalue weighted by atomic mass is 9.96. The van der Waals surface area contributed by atoms with Gasteiger partial charge in [-0.1, -0.05) is 54.1 Å². The number of hydrogen-bond donors (Lipinski definition) is 1. The molecule has 1 fully saturated rings. The fraction of sp³-hybridized carbons (Fsp3) is 0.267. The monoisotopic (exact) mass is 480 g/mol. The minimum atomic E-state index is -0.0263. The largest absolute Gasteiger partial charge is 0.352 e. The lowest BCUT2D eigenvalue weighted by Crippen LogP contribution is -2.29. The summed E-state index contributed by atoms with van der Waals surface area (Å²) in [6.07, 6.45) is 1.86. The van der Waals surface area contributed by atoms with Gasteiger partial charge in [0.2, 0.25) is 0 Å². The molecule has 2 aromatic carbocycles. The summed E-state index contributed by atoms with van der Waals surface area (Å²) >= 11 is 5.91. The molecule has 2 atom stereocenters. The van der Waals surface area contributed by atoms with Gasteiger partial charge in [0.1, 0.15) is 0 Å². The number of thiocarbonyl (C=S) groups is 1. The number of pyridine rings is 1. The summed E-state index contributed by atoms with van der Waals surface area (Å²) in [6, 6.07) is 23.5. The smallest absolute Gasteiger partial charge is 0.170 e. The molecule has 0 radical (unpaired) electrons. The zero-order valence-corrected chi connectivity index (χ0v) is 21.9. The van der Waals surface area contributed by atoms with Crippen molar-refractivity contribution in [2.24, 2.45) is 0 Å². The molecule has 0 aliphatic carbocycles. The second kappa shape index (κ2) is 9.31. The van der Waals surface area contributed by atoms with E-state index in [9.17, 15) is 0 Å². The van der Waals surface area contributed by atoms with Crippen molar-refractivity contribution in [3.05, 3.63) is 118 Å². The summed E-state index contributed by atoms with van der Waals surface area (Å²) < 4.78 is 2.41. The molecule has 2 aromatic heterocycles. The summed E-state index contributed by atoms with van der Waals surface area (Å²) in [6.45, 7) is 11.8. The van der Waals surface area contributed by atoms with Crippen molar-refractivity contribution in [2.75, 3.05) is 0 Å². The van der Waals surface area contributed by atoms with Crippen LogP contribution in [0.3, 0.4) is 0 Å². The van der Waals surface area contributed by atoms with Crippen molar-refractivity contribution in [1.82, 2.24) is 19.8 Å². The van der Waals surface area contributed by atoms with Gasteiger partial charge in [-0.25, -0.2) is 0 Å². The summed E-state index contributed by atoms with van der Waals surface area (Å²) in [5, 5.41) is 4.37. The molecule has 1 aliphatic heterocycles. The maximum atomic E-state index is 5.91. The molecule has 35 heavy (non-hydrogen) atoms. The Hall–Kier alpha value is -3.44. The highest BCUT2D eigenvalue weighted by atomic mass is 32.1. The van der Waals surface area contributed by atoms with Gasteiger partial charge in [0, 0.05) is 24.1 Å². The van der Waals surface area contributed by atoms with Gasteiger partial charge in [0.05, 0.1) is 23.5 Å². The van der Waals surface area contributed by atoms with Crippen LogP contribution in [0, 0.1) is 34.6 Å². The van der Waals surface area contributed by atoms with E-state index < -0.39 is 0 Å². The van der Waals surface area contributed by atoms with E-state index in [4.69, 9.17) is 17.2 Å². The van der Waals surface area contributed by atoms with Gasteiger partial charge in [-0.05, 0) is 87.3 Å². The SMILES string of the molecule is Cc1cc(C)c(-n2c(C)cc([C@@H]3[C@@H](c4ccccn4)NC(=S)N3Cc3ccccc3)c2C)c(C)c1. The first-order chi connectivity index (χ1) is 16.8. The molecule has 0 unspecified atom stereocenters. The lowest BCUT2D eigenvalue weighted by Gasteiger charge is -2.28. The highest BCUT2D eigenvalue weighted by Gasteiger charge is 2.41. The average molecular weight is 481 g/mol. The molecule has 0 amide bonds. The van der Waals surface area contributed by atoms with Crippen LogP contribution in [0.15, 0.2) is 72.9 Å². The molecule has 5 heteroatoms. The van der Waals surface area contributed by atoms with Crippen molar-refractivity contribution in [2.45, 2.75) is 53.2 Å². The molecule has 4 nitrogen and oxygen atoms in total. The molecule has 1 N–H and O–H groups in total. The van der Waals surface area contributed by atoms with E-state index in [1.165, 1.54) is 44.9 Å². The molecule has 178 valence electrons. The molecule has 5 rings (SSSR count). The summed E-state index contributed by atoms with van der Waals surface area (Å²) in [5.74, 6) is 0. The molecule has 1 saturated heterocycles. The van der Waals surface area contributed by atoms with E-state index in [1.54, 1.807) is 0 Å². The predicted octanol–water partition coefficient (Wildman–Crippen LogP) is 6.59. The molecule has 0 saturated carbocycles. The quantitative estimate of drug-likeness (QED) is 0.327. The molecule has 0 bridgehead atoms. The normalized spacial score (nSPS) is 17.6. The number of rotatable bonds is 5. The number of hydrogen-bond acceptors (Lipinski definition) is 2. The van der Waals surface area contributed by atoms with Crippen molar-refractivity contribution >= 4 is 17.3 Å². The number of nitrogens with one attached hydrogen (secondary N) is 1. The Morgan fingerprint density at radius 2 is 1.57 bits per heavy atom. The van der Waals surface area contributed by atoms with Crippen LogP contribution in [0.25, 0.3) is 5.69 Å². The van der Waals surface area contributed by atoms with E-state index in [-0.39, 0.29) is 12.1 Å². The predicted molar refractivity (Wildman–Crippen MR) is 147 cm³/mol. The van der Waals surface area contributed by atoms with Crippen LogP contribution in [0.4, 0.5) is 0 Å². The maximum Gasteiger partial charge on any atom is 0.170 e. The molecule has 0 spiro atoms. The Morgan fingerprint density at radius 3 is 2.23 bits per heavy atom. The fourth-order valence-electron chi connectivity index (χ4n) is 5.65. The fourth-order valence-corrected chi connectivity index (χ4v) is 5.96. The number of nitrogens with zero attached hydrogens (tertiary/aromatic N) is 3. The number of aryl methyl sites for hydroxylation is 4. The van der Waals surface area contributed by atoms with Crippen LogP contribution >= 0.6 is 12.2 Å². The minimum absolute atomic E-state index is 0.0263. The molecule has 3 heterocycles. The zero-order valence-electron chi connectivity index (χ0n) is 21.0. The molecule has 1 aliphatic rings. The molecular formula is C30H32N4S. The van der Waals surface area contributed by atoms with Crippen molar-refractivity contribution in [3.63, 3.8) is 0 Å². The van der Waals surface area contributed by atoms with Crippen LogP contribution in [0.2, 0.25) is 0 Å². The van der Waals surface area contributed by atoms with Crippen LogP contribution < -0.4 is 5.32 Å². The molecule has 4 aromatic rings. The third-order valence-corrected chi connectivity index (χ3v) is 7.39. The van der Waals surface area contributed by atoms with Gasteiger partial charge in [-0.2, -0.15) is 0 Å². The van der Waals surface area contributed by atoms with E-state index in [2.05, 4.69) is 104 Å². The maximum absolute atomic E-state index is 5.91. The van der Waals surface area contributed by atoms with Gasteiger partial charge in [0.15, 0.2) is 5.11 Å². The minimum Gasteiger partial charge on any atom is -0.352 e. The van der Waals surface area contributed by atoms with Crippen LogP contribution in [0.5, 0.6) is 0 Å². The first kappa shape index (κ1) is 23.3. The standard InChI is InChI=1S/C30H32N4S/c1-19-15-20(2)28(21(3)16-19)34-22(4)17-25(23(34)5)29-27(26-13-9-10-14-31-26)32-30(35)33(29)18-24-11-7-6-8-12-24/h6-17,27,29H,18H2,1-5H3,(H,32,35)/t27-,29-/m1/s1. The Kier molecular flexibility index (Phi) is 6.20. The third kappa shape index (κ3) is 4.25. The Bertz CT molecular complexity index is 1350. The topological polar surface area (TPSA) is 33.1 Å². The van der Waals surface area contributed by atoms with Gasteiger partial charge in [-0.3, -0.25) is 4.98 Å². The van der Waals surface area contributed by atoms with E-state index in [0.29, 0.717) is 0 Å². The third-order valence-electron chi connectivity index (χ3n) is 7.04. The summed E-state index contributed by atoms with van der Waals surface area (Å²) in [5.41, 5.74) is 11.1. The van der Waals surface area contributed by atoms with Crippen LogP contribution in [-0.4, -0.2) is 19.6 Å². The second-order valence-electron chi connectivity index (χ2n) is 9.65. The van der Waals surface area contributed by atoms with Crippen molar-refractivity contribution in [1.29, 1.82) is 0 Å². The van der Waals surface area contributed by atoms with Crippen molar-refractivity contribution < 1.29 is 0 Å². The first-order valence-corrected chi connectivity index (χ1v) is 12.5. The highest BCUT2D eigenvalue weighted by Crippen LogP contribution is 2.42. The van der Waals surface area contributed by atoms with Gasteiger partial charge in [0.25, 0.3) is 0 Å². The van der Waals surface area contributed by atoms with Gasteiger partial charge in [-0.15, -0.1) is 0 Å². The van der Waals surface area contributed by atoms with E-state index in [1.807, 2.05) is 18.3 Å². The second-order valence-corrected chi connectivity index (χ2v) is 10.0.